The highest BCUT2D eigenvalue weighted by atomic mass is 16.6. The van der Waals surface area contributed by atoms with E-state index in [4.69, 9.17) is 43.0 Å². The van der Waals surface area contributed by atoms with Crippen LogP contribution in [0, 0.1) is 0 Å². The molecule has 0 spiro atoms. The second-order valence-electron chi connectivity index (χ2n) is 8.06. The van der Waals surface area contributed by atoms with Gasteiger partial charge in [0.1, 0.15) is 31.9 Å². The molecule has 0 aliphatic rings. The molecule has 1 amide bonds. The Labute approximate surface area is 240 Å². The average Bonchev–Trinajstić information content (AvgIpc) is 2.97. The van der Waals surface area contributed by atoms with Gasteiger partial charge in [-0.15, -0.1) is 0 Å². The number of hydrogen-bond acceptors (Lipinski definition) is 12. The number of benzene rings is 1. The molecule has 2 N–H and O–H groups in total. The van der Waals surface area contributed by atoms with Crippen LogP contribution in [0.1, 0.15) is 10.4 Å². The molecule has 234 valence electrons. The van der Waals surface area contributed by atoms with Crippen LogP contribution in [0.4, 0.5) is 0 Å². The van der Waals surface area contributed by atoms with Crippen LogP contribution in [-0.4, -0.2) is 142 Å². The van der Waals surface area contributed by atoms with E-state index in [1.165, 1.54) is 0 Å². The van der Waals surface area contributed by atoms with Crippen LogP contribution in [0.2, 0.25) is 0 Å². The molecule has 0 saturated carbocycles. The van der Waals surface area contributed by atoms with E-state index in [2.05, 4.69) is 10.1 Å². The fourth-order valence-electron chi connectivity index (χ4n) is 2.83. The quantitative estimate of drug-likeness (QED) is 0.0924. The molecule has 1 aromatic rings. The minimum atomic E-state index is -1.13. The highest BCUT2D eigenvalue weighted by molar-refractivity contribution is 5.77. The van der Waals surface area contributed by atoms with Crippen LogP contribution in [-0.2, 0) is 47.5 Å². The molecule has 0 aromatic heterocycles. The van der Waals surface area contributed by atoms with E-state index in [0.29, 0.717) is 117 Å². The van der Waals surface area contributed by atoms with Crippen molar-refractivity contribution >= 4 is 18.2 Å². The molecule has 1 aromatic carbocycles. The fourth-order valence-corrected chi connectivity index (χ4v) is 2.83. The van der Waals surface area contributed by atoms with Crippen molar-refractivity contribution in [1.82, 2.24) is 5.32 Å². The van der Waals surface area contributed by atoms with Crippen LogP contribution in [0.15, 0.2) is 24.3 Å². The van der Waals surface area contributed by atoms with Crippen LogP contribution in [0.5, 0.6) is 5.75 Å². The number of aldehydes is 1. The maximum atomic E-state index is 11.3. The van der Waals surface area contributed by atoms with Crippen molar-refractivity contribution in [2.45, 2.75) is 0 Å². The molecule has 0 atom stereocenters. The van der Waals surface area contributed by atoms with Crippen molar-refractivity contribution in [3.63, 3.8) is 0 Å². The van der Waals surface area contributed by atoms with E-state index < -0.39 is 18.5 Å². The average molecular weight is 590 g/mol. The number of amides is 1. The predicted molar refractivity (Wildman–Crippen MR) is 145 cm³/mol. The minimum absolute atomic E-state index is 0.299. The SMILES string of the molecule is O=Cc1ccc(OCCOCCOCCOCCOCCOCCOCCOCCNC(=O)COCC(=O)O)cc1. The summed E-state index contributed by atoms with van der Waals surface area (Å²) >= 11 is 0. The zero-order valence-corrected chi connectivity index (χ0v) is 23.5. The van der Waals surface area contributed by atoms with E-state index >= 15 is 0 Å². The van der Waals surface area contributed by atoms with E-state index in [1.54, 1.807) is 24.3 Å². The normalized spacial score (nSPS) is 10.9. The Bertz CT molecular complexity index is 779. The number of carbonyl (C=O) groups excluding carboxylic acids is 2. The number of rotatable bonds is 30. The van der Waals surface area contributed by atoms with Gasteiger partial charge in [0.2, 0.25) is 5.91 Å². The third-order valence-corrected chi connectivity index (χ3v) is 4.77. The summed E-state index contributed by atoms with van der Waals surface area (Å²) in [5.41, 5.74) is 0.609. The largest absolute Gasteiger partial charge is 0.491 e. The molecule has 0 aliphatic heterocycles. The van der Waals surface area contributed by atoms with Gasteiger partial charge in [-0.2, -0.15) is 0 Å². The smallest absolute Gasteiger partial charge is 0.329 e. The van der Waals surface area contributed by atoms with Crippen LogP contribution < -0.4 is 10.1 Å². The molecule has 0 radical (unpaired) electrons. The maximum Gasteiger partial charge on any atom is 0.329 e. The second kappa shape index (κ2) is 27.5. The van der Waals surface area contributed by atoms with Gasteiger partial charge in [0.15, 0.2) is 0 Å². The van der Waals surface area contributed by atoms with E-state index in [0.717, 1.165) is 6.29 Å². The lowest BCUT2D eigenvalue weighted by Crippen LogP contribution is -2.31. The summed E-state index contributed by atoms with van der Waals surface area (Å²) in [6.45, 7) is 6.04. The monoisotopic (exact) mass is 589 g/mol. The Kier molecular flexibility index (Phi) is 24.4. The van der Waals surface area contributed by atoms with Crippen LogP contribution in [0.25, 0.3) is 0 Å². The third kappa shape index (κ3) is 24.8. The van der Waals surface area contributed by atoms with Gasteiger partial charge in [-0.1, -0.05) is 0 Å². The van der Waals surface area contributed by atoms with E-state index in [9.17, 15) is 14.4 Å². The molecule has 14 nitrogen and oxygen atoms in total. The van der Waals surface area contributed by atoms with Crippen molar-refractivity contribution in [3.8, 4) is 5.75 Å². The first-order valence-corrected chi connectivity index (χ1v) is 13.4. The molecular weight excluding hydrogens is 546 g/mol. The van der Waals surface area contributed by atoms with E-state index in [1.807, 2.05) is 0 Å². The topological polar surface area (TPSA) is 167 Å². The maximum absolute atomic E-state index is 11.3. The summed E-state index contributed by atoms with van der Waals surface area (Å²) in [5, 5.41) is 10.9. The highest BCUT2D eigenvalue weighted by Gasteiger charge is 2.03. The third-order valence-electron chi connectivity index (χ3n) is 4.77. The fraction of sp³-hybridized carbons (Fsp3) is 0.667. The second-order valence-corrected chi connectivity index (χ2v) is 8.06. The van der Waals surface area contributed by atoms with E-state index in [-0.39, 0.29) is 6.61 Å². The van der Waals surface area contributed by atoms with Crippen LogP contribution in [0.3, 0.4) is 0 Å². The Hall–Kier alpha value is -2.69. The highest BCUT2D eigenvalue weighted by Crippen LogP contribution is 2.10. The van der Waals surface area contributed by atoms with Gasteiger partial charge in [0.25, 0.3) is 0 Å². The van der Waals surface area contributed by atoms with Gasteiger partial charge in [0, 0.05) is 12.1 Å². The van der Waals surface area contributed by atoms with Gasteiger partial charge in [-0.05, 0) is 24.3 Å². The zero-order valence-electron chi connectivity index (χ0n) is 23.5. The predicted octanol–water partition coefficient (Wildman–Crippen LogP) is 0.212. The van der Waals surface area contributed by atoms with Gasteiger partial charge < -0.3 is 53.1 Å². The molecule has 41 heavy (non-hydrogen) atoms. The first-order valence-electron chi connectivity index (χ1n) is 13.4. The summed E-state index contributed by atoms with van der Waals surface area (Å²) in [4.78, 5) is 32.2. The Balaban J connectivity index is 1.68. The molecule has 0 unspecified atom stereocenters. The number of aliphatic carboxylic acids is 1. The molecule has 0 heterocycles. The minimum Gasteiger partial charge on any atom is -0.491 e. The molecule has 0 aliphatic carbocycles. The van der Waals surface area contributed by atoms with Crippen molar-refractivity contribution in [1.29, 1.82) is 0 Å². The van der Waals surface area contributed by atoms with Crippen LogP contribution >= 0.6 is 0 Å². The van der Waals surface area contributed by atoms with Crippen molar-refractivity contribution < 1.29 is 62.1 Å². The number of carboxylic acids is 1. The number of carboxylic acid groups (broad SMARTS) is 1. The summed E-state index contributed by atoms with van der Waals surface area (Å²) < 4.78 is 48.0. The van der Waals surface area contributed by atoms with Crippen molar-refractivity contribution in [2.75, 3.05) is 119 Å². The van der Waals surface area contributed by atoms with Gasteiger partial charge in [-0.25, -0.2) is 4.79 Å². The number of nitrogens with one attached hydrogen (secondary N) is 1. The summed E-state index contributed by atoms with van der Waals surface area (Å²) in [5.74, 6) is -0.832. The van der Waals surface area contributed by atoms with Gasteiger partial charge in [0.05, 0.1) is 92.5 Å². The van der Waals surface area contributed by atoms with Gasteiger partial charge >= 0.3 is 5.97 Å². The first-order chi connectivity index (χ1) is 20.1. The lowest BCUT2D eigenvalue weighted by atomic mass is 10.2. The first kappa shape index (κ1) is 36.3. The van der Waals surface area contributed by atoms with Crippen molar-refractivity contribution in [2.24, 2.45) is 0 Å². The van der Waals surface area contributed by atoms with Gasteiger partial charge in [-0.3, -0.25) is 9.59 Å². The van der Waals surface area contributed by atoms with Crippen molar-refractivity contribution in [3.05, 3.63) is 29.8 Å². The molecular formula is C27H43NO13. The Morgan fingerprint density at radius 3 is 1.41 bits per heavy atom. The Morgan fingerprint density at radius 1 is 0.585 bits per heavy atom. The molecule has 0 fully saturated rings. The summed E-state index contributed by atoms with van der Waals surface area (Å²) in [6.07, 6.45) is 0.788. The molecule has 0 saturated heterocycles. The summed E-state index contributed by atoms with van der Waals surface area (Å²) in [7, 11) is 0. The summed E-state index contributed by atoms with van der Waals surface area (Å²) in [6, 6.07) is 6.89. The standard InChI is InChI=1S/C27H43NO13/c29-21-24-1-3-25(4-2-24)41-20-19-39-18-17-38-16-15-37-14-13-36-12-11-35-10-9-34-8-7-33-6-5-28-26(30)22-40-23-27(31)32/h1-4,21H,5-20,22-23H2,(H,28,30)(H,31,32). The molecule has 14 heteroatoms. The molecule has 1 rings (SSSR count). The zero-order chi connectivity index (χ0) is 29.6. The number of hydrogen-bond donors (Lipinski definition) is 2. The Morgan fingerprint density at radius 2 is 1.00 bits per heavy atom. The number of carbonyl (C=O) groups is 3. The molecule has 0 bridgehead atoms. The lowest BCUT2D eigenvalue weighted by Gasteiger charge is -2.09. The number of ether oxygens (including phenoxy) is 9. The lowest BCUT2D eigenvalue weighted by molar-refractivity contribution is -0.143.